The van der Waals surface area contributed by atoms with E-state index in [0.717, 1.165) is 33.2 Å². The molecule has 1 saturated heterocycles. The Morgan fingerprint density at radius 2 is 1.79 bits per heavy atom. The molecule has 1 amide bonds. The summed E-state index contributed by atoms with van der Waals surface area (Å²) in [5.41, 5.74) is 3.74. The van der Waals surface area contributed by atoms with Crippen LogP contribution in [0.25, 0.3) is 11.3 Å². The van der Waals surface area contributed by atoms with Crippen molar-refractivity contribution < 1.29 is 9.53 Å². The first-order chi connectivity index (χ1) is 13.8. The van der Waals surface area contributed by atoms with Gasteiger partial charge in [0, 0.05) is 30.0 Å². The van der Waals surface area contributed by atoms with Crippen LogP contribution in [0.4, 0.5) is 0 Å². The van der Waals surface area contributed by atoms with Crippen molar-refractivity contribution in [3.63, 3.8) is 0 Å². The Bertz CT molecular complexity index is 926. The fourth-order valence-corrected chi connectivity index (χ4v) is 3.82. The molecular formula is C22H21N3O2S. The van der Waals surface area contributed by atoms with E-state index in [1.54, 1.807) is 11.8 Å². The molecule has 1 fully saturated rings. The molecule has 0 saturated carbocycles. The molecule has 1 aliphatic heterocycles. The molecule has 0 spiro atoms. The van der Waals surface area contributed by atoms with Gasteiger partial charge in [-0.25, -0.2) is 0 Å². The van der Waals surface area contributed by atoms with E-state index < -0.39 is 0 Å². The third-order valence-corrected chi connectivity index (χ3v) is 5.56. The van der Waals surface area contributed by atoms with E-state index in [4.69, 9.17) is 4.74 Å². The van der Waals surface area contributed by atoms with Gasteiger partial charge in [-0.3, -0.25) is 4.79 Å². The van der Waals surface area contributed by atoms with Crippen LogP contribution in [0, 0.1) is 0 Å². The van der Waals surface area contributed by atoms with Crippen molar-refractivity contribution in [2.45, 2.75) is 10.8 Å². The van der Waals surface area contributed by atoms with Crippen LogP contribution in [0.5, 0.6) is 0 Å². The second-order valence-corrected chi connectivity index (χ2v) is 7.51. The number of benzene rings is 2. The smallest absolute Gasteiger partial charge is 0.254 e. The van der Waals surface area contributed by atoms with E-state index in [1.165, 1.54) is 0 Å². The Morgan fingerprint density at radius 1 is 0.964 bits per heavy atom. The van der Waals surface area contributed by atoms with Gasteiger partial charge in [-0.05, 0) is 29.8 Å². The minimum atomic E-state index is 0.0714. The van der Waals surface area contributed by atoms with Crippen LogP contribution < -0.4 is 0 Å². The maximum Gasteiger partial charge on any atom is 0.254 e. The first-order valence-electron chi connectivity index (χ1n) is 9.27. The summed E-state index contributed by atoms with van der Waals surface area (Å²) in [5, 5.41) is 9.52. The van der Waals surface area contributed by atoms with Crippen LogP contribution >= 0.6 is 11.8 Å². The Morgan fingerprint density at radius 3 is 2.54 bits per heavy atom. The number of thioether (sulfide) groups is 1. The van der Waals surface area contributed by atoms with Gasteiger partial charge >= 0.3 is 0 Å². The molecule has 0 aliphatic carbocycles. The summed E-state index contributed by atoms with van der Waals surface area (Å²) in [6.45, 7) is 2.53. The van der Waals surface area contributed by atoms with Crippen molar-refractivity contribution in [2.24, 2.45) is 0 Å². The summed E-state index contributed by atoms with van der Waals surface area (Å²) in [6, 6.07) is 21.8. The second kappa shape index (κ2) is 8.99. The van der Waals surface area contributed by atoms with Gasteiger partial charge in [0.2, 0.25) is 0 Å². The molecule has 0 radical (unpaired) electrons. The predicted octanol–water partition coefficient (Wildman–Crippen LogP) is 3.91. The highest BCUT2D eigenvalue weighted by Gasteiger charge is 2.18. The molecule has 2 heterocycles. The number of rotatable bonds is 5. The lowest BCUT2D eigenvalue weighted by Crippen LogP contribution is -2.40. The van der Waals surface area contributed by atoms with Crippen LogP contribution in [0.15, 0.2) is 71.8 Å². The lowest BCUT2D eigenvalue weighted by Gasteiger charge is -2.27. The molecule has 1 aliphatic rings. The minimum absolute atomic E-state index is 0.0714. The van der Waals surface area contributed by atoms with Gasteiger partial charge in [0.05, 0.1) is 18.9 Å². The maximum atomic E-state index is 12.6. The van der Waals surface area contributed by atoms with E-state index >= 15 is 0 Å². The summed E-state index contributed by atoms with van der Waals surface area (Å²) in [4.78, 5) is 14.5. The number of carbonyl (C=O) groups is 1. The van der Waals surface area contributed by atoms with Crippen LogP contribution in [0.2, 0.25) is 0 Å². The number of nitrogens with zero attached hydrogens (tertiary/aromatic N) is 3. The second-order valence-electron chi connectivity index (χ2n) is 6.52. The monoisotopic (exact) mass is 391 g/mol. The van der Waals surface area contributed by atoms with E-state index in [-0.39, 0.29) is 5.91 Å². The molecule has 2 aromatic carbocycles. The van der Waals surface area contributed by atoms with E-state index in [9.17, 15) is 4.79 Å². The van der Waals surface area contributed by atoms with Crippen molar-refractivity contribution in [1.82, 2.24) is 15.1 Å². The number of ether oxygens (including phenoxy) is 1. The summed E-state index contributed by atoms with van der Waals surface area (Å²) in [6.07, 6.45) is 0. The number of carbonyl (C=O) groups excluding carboxylic acids is 1. The Labute approximate surface area is 168 Å². The summed E-state index contributed by atoms with van der Waals surface area (Å²) >= 11 is 1.61. The molecule has 28 heavy (non-hydrogen) atoms. The fourth-order valence-electron chi connectivity index (χ4n) is 3.06. The fraction of sp³-hybridized carbons (Fsp3) is 0.227. The first kappa shape index (κ1) is 18.7. The van der Waals surface area contributed by atoms with Gasteiger partial charge in [-0.1, -0.05) is 54.2 Å². The van der Waals surface area contributed by atoms with Gasteiger partial charge in [-0.15, -0.1) is 10.2 Å². The predicted molar refractivity (Wildman–Crippen MR) is 110 cm³/mol. The zero-order valence-corrected chi connectivity index (χ0v) is 16.3. The van der Waals surface area contributed by atoms with E-state index in [2.05, 4.69) is 10.2 Å². The van der Waals surface area contributed by atoms with Gasteiger partial charge < -0.3 is 9.64 Å². The van der Waals surface area contributed by atoms with E-state index in [0.29, 0.717) is 26.3 Å². The van der Waals surface area contributed by atoms with Gasteiger partial charge in [0.1, 0.15) is 5.03 Å². The third kappa shape index (κ3) is 4.58. The zero-order chi connectivity index (χ0) is 19.2. The molecule has 6 heteroatoms. The molecule has 0 atom stereocenters. The van der Waals surface area contributed by atoms with Crippen molar-refractivity contribution in [3.05, 3.63) is 77.9 Å². The zero-order valence-electron chi connectivity index (χ0n) is 15.5. The lowest BCUT2D eigenvalue weighted by molar-refractivity contribution is 0.0303. The normalized spacial score (nSPS) is 14.1. The summed E-state index contributed by atoms with van der Waals surface area (Å²) in [7, 11) is 0. The van der Waals surface area contributed by atoms with Crippen LogP contribution in [0.1, 0.15) is 15.9 Å². The van der Waals surface area contributed by atoms with E-state index in [1.807, 2.05) is 71.6 Å². The Kier molecular flexibility index (Phi) is 5.99. The Balaban J connectivity index is 1.39. The topological polar surface area (TPSA) is 55.3 Å². The number of amides is 1. The molecular weight excluding hydrogens is 370 g/mol. The standard InChI is InChI=1S/C22H21N3O2S/c26-22(25-11-13-27-14-12-25)19-8-4-5-17(15-19)16-28-21-10-9-20(23-24-21)18-6-2-1-3-7-18/h1-10,15H,11-14,16H2. The third-order valence-electron chi connectivity index (χ3n) is 4.57. The maximum absolute atomic E-state index is 12.6. The van der Waals surface area contributed by atoms with Crippen molar-refractivity contribution in [2.75, 3.05) is 26.3 Å². The molecule has 4 rings (SSSR count). The Hall–Kier alpha value is -2.70. The lowest BCUT2D eigenvalue weighted by atomic mass is 10.1. The molecule has 0 bridgehead atoms. The molecule has 3 aromatic rings. The number of morpholine rings is 1. The SMILES string of the molecule is O=C(c1cccc(CSc2ccc(-c3ccccc3)nn2)c1)N1CCOCC1. The first-order valence-corrected chi connectivity index (χ1v) is 10.3. The number of hydrogen-bond acceptors (Lipinski definition) is 5. The van der Waals surface area contributed by atoms with Crippen LogP contribution in [-0.2, 0) is 10.5 Å². The van der Waals surface area contributed by atoms with Gasteiger partial charge in [-0.2, -0.15) is 0 Å². The summed E-state index contributed by atoms with van der Waals surface area (Å²) in [5.74, 6) is 0.811. The molecule has 142 valence electrons. The van der Waals surface area contributed by atoms with Gasteiger partial charge in [0.25, 0.3) is 5.91 Å². The highest BCUT2D eigenvalue weighted by Crippen LogP contribution is 2.23. The molecule has 1 aromatic heterocycles. The van der Waals surface area contributed by atoms with Gasteiger partial charge in [0.15, 0.2) is 0 Å². The van der Waals surface area contributed by atoms with Crippen molar-refractivity contribution >= 4 is 17.7 Å². The quantitative estimate of drug-likeness (QED) is 0.617. The average molecular weight is 391 g/mol. The van der Waals surface area contributed by atoms with Crippen molar-refractivity contribution in [3.8, 4) is 11.3 Å². The largest absolute Gasteiger partial charge is 0.378 e. The number of hydrogen-bond donors (Lipinski definition) is 0. The van der Waals surface area contributed by atoms with Crippen molar-refractivity contribution in [1.29, 1.82) is 0 Å². The van der Waals surface area contributed by atoms with Crippen LogP contribution in [0.3, 0.4) is 0 Å². The number of aromatic nitrogens is 2. The average Bonchev–Trinajstić information content (AvgIpc) is 2.79. The highest BCUT2D eigenvalue weighted by molar-refractivity contribution is 7.98. The van der Waals surface area contributed by atoms with Crippen LogP contribution in [-0.4, -0.2) is 47.3 Å². The molecule has 5 nitrogen and oxygen atoms in total. The minimum Gasteiger partial charge on any atom is -0.378 e. The highest BCUT2D eigenvalue weighted by atomic mass is 32.2. The molecule has 0 unspecified atom stereocenters. The molecule has 0 N–H and O–H groups in total. The summed E-state index contributed by atoms with van der Waals surface area (Å²) < 4.78 is 5.32.